The Hall–Kier alpha value is -1.84. The maximum Gasteiger partial charge on any atom is 0.240 e. The molecule has 1 N–H and O–H groups in total. The second kappa shape index (κ2) is 9.23. The van der Waals surface area contributed by atoms with Crippen LogP contribution >= 0.6 is 0 Å². The molecular weight excluding hydrogens is 276 g/mol. The molecule has 2 amide bonds. The lowest BCUT2D eigenvalue weighted by Crippen LogP contribution is -2.40. The van der Waals surface area contributed by atoms with E-state index in [4.69, 9.17) is 0 Å². The Bertz CT molecular complexity index is 498. The molecule has 1 rings (SSSR count). The highest BCUT2D eigenvalue weighted by Gasteiger charge is 2.19. The number of carbonyl (C=O) groups is 2. The van der Waals surface area contributed by atoms with Gasteiger partial charge in [0.15, 0.2) is 0 Å². The molecule has 0 saturated heterocycles. The second-order valence-corrected chi connectivity index (χ2v) is 5.88. The number of anilines is 1. The average Bonchev–Trinajstić information content (AvgIpc) is 2.49. The van der Waals surface area contributed by atoms with Gasteiger partial charge in [-0.1, -0.05) is 51.8 Å². The quantitative estimate of drug-likeness (QED) is 0.748. The summed E-state index contributed by atoms with van der Waals surface area (Å²) in [7, 11) is 0. The number of carbonyl (C=O) groups excluding carboxylic acids is 2. The van der Waals surface area contributed by atoms with Crippen LogP contribution in [0.4, 0.5) is 5.69 Å². The molecule has 0 spiro atoms. The summed E-state index contributed by atoms with van der Waals surface area (Å²) in [6.45, 7) is 8.54. The number of para-hydroxylation sites is 1. The first-order valence-electron chi connectivity index (χ1n) is 8.11. The summed E-state index contributed by atoms with van der Waals surface area (Å²) in [6.07, 6.45) is 3.20. The van der Waals surface area contributed by atoms with Gasteiger partial charge in [-0.15, -0.1) is 0 Å². The van der Waals surface area contributed by atoms with Crippen LogP contribution in [-0.4, -0.2) is 24.9 Å². The van der Waals surface area contributed by atoms with Gasteiger partial charge in [-0.25, -0.2) is 0 Å². The first kappa shape index (κ1) is 18.2. The molecular formula is C18H28N2O2. The normalized spacial score (nSPS) is 10.6. The molecule has 0 aliphatic heterocycles. The molecule has 0 bridgehead atoms. The van der Waals surface area contributed by atoms with Crippen molar-refractivity contribution in [3.05, 3.63) is 29.8 Å². The van der Waals surface area contributed by atoms with Crippen LogP contribution in [-0.2, 0) is 9.59 Å². The molecule has 0 unspecified atom stereocenters. The Kier molecular flexibility index (Phi) is 7.64. The van der Waals surface area contributed by atoms with E-state index in [2.05, 4.69) is 26.1 Å². The number of hydrogen-bond acceptors (Lipinski definition) is 2. The highest BCUT2D eigenvalue weighted by molar-refractivity contribution is 5.98. The smallest absolute Gasteiger partial charge is 0.240 e. The molecule has 0 aromatic heterocycles. The fraction of sp³-hybridized carbons (Fsp3) is 0.556. The van der Waals surface area contributed by atoms with Crippen LogP contribution in [0.25, 0.3) is 0 Å². The van der Waals surface area contributed by atoms with E-state index < -0.39 is 0 Å². The number of unbranched alkanes of at least 4 members (excludes halogenated alkanes) is 2. The summed E-state index contributed by atoms with van der Waals surface area (Å²) in [5, 5.41) is 2.89. The summed E-state index contributed by atoms with van der Waals surface area (Å²) in [4.78, 5) is 25.6. The number of amides is 2. The van der Waals surface area contributed by atoms with Crippen molar-refractivity contribution in [1.82, 2.24) is 5.32 Å². The van der Waals surface area contributed by atoms with E-state index in [1.807, 2.05) is 24.3 Å². The standard InChI is InChI=1S/C18H28N2O2/c1-5-6-9-12-19-18(22)13-20(15(4)21)17-11-8-7-10-16(17)14(2)3/h7-8,10-11,14H,5-6,9,12-13H2,1-4H3,(H,19,22). The third-order valence-electron chi connectivity index (χ3n) is 3.63. The van der Waals surface area contributed by atoms with E-state index >= 15 is 0 Å². The Morgan fingerprint density at radius 3 is 2.45 bits per heavy atom. The fourth-order valence-corrected chi connectivity index (χ4v) is 2.39. The lowest BCUT2D eigenvalue weighted by molar-refractivity contribution is -0.123. The Morgan fingerprint density at radius 2 is 1.86 bits per heavy atom. The number of nitrogens with zero attached hydrogens (tertiary/aromatic N) is 1. The van der Waals surface area contributed by atoms with Crippen molar-refractivity contribution in [2.24, 2.45) is 0 Å². The molecule has 0 aliphatic carbocycles. The van der Waals surface area contributed by atoms with Crippen molar-refractivity contribution >= 4 is 17.5 Å². The number of benzene rings is 1. The van der Waals surface area contributed by atoms with E-state index in [0.29, 0.717) is 12.5 Å². The topological polar surface area (TPSA) is 49.4 Å². The van der Waals surface area contributed by atoms with Gasteiger partial charge in [-0.3, -0.25) is 9.59 Å². The highest BCUT2D eigenvalue weighted by Crippen LogP contribution is 2.27. The van der Waals surface area contributed by atoms with Crippen LogP contribution in [0, 0.1) is 0 Å². The van der Waals surface area contributed by atoms with Gasteiger partial charge < -0.3 is 10.2 Å². The minimum atomic E-state index is -0.114. The van der Waals surface area contributed by atoms with Gasteiger partial charge in [-0.2, -0.15) is 0 Å². The fourth-order valence-electron chi connectivity index (χ4n) is 2.39. The summed E-state index contributed by atoms with van der Waals surface area (Å²) >= 11 is 0. The van der Waals surface area contributed by atoms with E-state index in [-0.39, 0.29) is 18.4 Å². The molecule has 0 heterocycles. The monoisotopic (exact) mass is 304 g/mol. The molecule has 22 heavy (non-hydrogen) atoms. The number of rotatable bonds is 8. The summed E-state index contributed by atoms with van der Waals surface area (Å²) < 4.78 is 0. The van der Waals surface area contributed by atoms with E-state index in [1.54, 1.807) is 4.90 Å². The molecule has 1 aromatic rings. The predicted octanol–water partition coefficient (Wildman–Crippen LogP) is 3.47. The number of hydrogen-bond donors (Lipinski definition) is 1. The maximum absolute atomic E-state index is 12.1. The first-order valence-corrected chi connectivity index (χ1v) is 8.11. The molecule has 0 radical (unpaired) electrons. The highest BCUT2D eigenvalue weighted by atomic mass is 16.2. The predicted molar refractivity (Wildman–Crippen MR) is 91.1 cm³/mol. The molecule has 0 atom stereocenters. The zero-order valence-corrected chi connectivity index (χ0v) is 14.2. The van der Waals surface area contributed by atoms with Crippen molar-refractivity contribution in [1.29, 1.82) is 0 Å². The van der Waals surface area contributed by atoms with Gasteiger partial charge in [0.05, 0.1) is 0 Å². The van der Waals surface area contributed by atoms with Crippen molar-refractivity contribution in [2.75, 3.05) is 18.0 Å². The zero-order valence-electron chi connectivity index (χ0n) is 14.2. The van der Waals surface area contributed by atoms with Gasteiger partial charge in [0, 0.05) is 19.2 Å². The van der Waals surface area contributed by atoms with Crippen molar-refractivity contribution in [2.45, 2.75) is 52.9 Å². The summed E-state index contributed by atoms with van der Waals surface area (Å²) in [5.41, 5.74) is 1.91. The van der Waals surface area contributed by atoms with Gasteiger partial charge >= 0.3 is 0 Å². The molecule has 0 aliphatic rings. The molecule has 4 heteroatoms. The van der Waals surface area contributed by atoms with Gasteiger partial charge in [0.25, 0.3) is 0 Å². The van der Waals surface area contributed by atoms with Gasteiger partial charge in [0.2, 0.25) is 11.8 Å². The molecule has 1 aromatic carbocycles. The van der Waals surface area contributed by atoms with Crippen LogP contribution < -0.4 is 10.2 Å². The molecule has 0 fully saturated rings. The van der Waals surface area contributed by atoms with Crippen LogP contribution in [0.2, 0.25) is 0 Å². The lowest BCUT2D eigenvalue weighted by atomic mass is 10.0. The zero-order chi connectivity index (χ0) is 16.5. The average molecular weight is 304 g/mol. The minimum Gasteiger partial charge on any atom is -0.355 e. The van der Waals surface area contributed by atoms with Gasteiger partial charge in [0.1, 0.15) is 6.54 Å². The van der Waals surface area contributed by atoms with E-state index in [1.165, 1.54) is 6.92 Å². The van der Waals surface area contributed by atoms with E-state index in [9.17, 15) is 9.59 Å². The van der Waals surface area contributed by atoms with E-state index in [0.717, 1.165) is 30.5 Å². The Morgan fingerprint density at radius 1 is 1.18 bits per heavy atom. The summed E-state index contributed by atoms with van der Waals surface area (Å²) in [6, 6.07) is 7.77. The molecule has 4 nitrogen and oxygen atoms in total. The molecule has 0 saturated carbocycles. The second-order valence-electron chi connectivity index (χ2n) is 5.88. The SMILES string of the molecule is CCCCCNC(=O)CN(C(C)=O)c1ccccc1C(C)C. The van der Waals surface area contributed by atoms with Crippen molar-refractivity contribution in [3.8, 4) is 0 Å². The Balaban J connectivity index is 2.78. The number of nitrogens with one attached hydrogen (secondary N) is 1. The first-order chi connectivity index (χ1) is 10.5. The van der Waals surface area contributed by atoms with Crippen LogP contribution in [0.15, 0.2) is 24.3 Å². The lowest BCUT2D eigenvalue weighted by Gasteiger charge is -2.24. The Labute approximate surface area is 133 Å². The van der Waals surface area contributed by atoms with Crippen LogP contribution in [0.1, 0.15) is 58.4 Å². The van der Waals surface area contributed by atoms with Crippen molar-refractivity contribution in [3.63, 3.8) is 0 Å². The van der Waals surface area contributed by atoms with Crippen LogP contribution in [0.3, 0.4) is 0 Å². The molecule has 122 valence electrons. The summed E-state index contributed by atoms with van der Waals surface area (Å²) in [5.74, 6) is 0.0762. The maximum atomic E-state index is 12.1. The van der Waals surface area contributed by atoms with Gasteiger partial charge in [-0.05, 0) is 24.0 Å². The third kappa shape index (κ3) is 5.51. The van der Waals surface area contributed by atoms with Crippen LogP contribution in [0.5, 0.6) is 0 Å². The largest absolute Gasteiger partial charge is 0.355 e. The third-order valence-corrected chi connectivity index (χ3v) is 3.63. The van der Waals surface area contributed by atoms with Crippen molar-refractivity contribution < 1.29 is 9.59 Å². The minimum absolute atomic E-state index is 0.0746.